The van der Waals surface area contributed by atoms with Crippen molar-refractivity contribution in [2.45, 2.75) is 10.2 Å². The van der Waals surface area contributed by atoms with Gasteiger partial charge in [-0.3, -0.25) is 4.79 Å². The Morgan fingerprint density at radius 3 is 3.00 bits per heavy atom. The van der Waals surface area contributed by atoms with E-state index >= 15 is 0 Å². The zero-order valence-corrected chi connectivity index (χ0v) is 10.5. The number of rotatable bonds is 2. The highest BCUT2D eigenvalue weighted by atomic mass is 79.9. The van der Waals surface area contributed by atoms with Gasteiger partial charge in [0.25, 0.3) is 0 Å². The molecule has 0 saturated heterocycles. The summed E-state index contributed by atoms with van der Waals surface area (Å²) in [5.41, 5.74) is 1.87. The van der Waals surface area contributed by atoms with Crippen molar-refractivity contribution in [3.05, 3.63) is 28.6 Å². The quantitative estimate of drug-likeness (QED) is 0.503. The Hall–Kier alpha value is -0.320. The van der Waals surface area contributed by atoms with Crippen molar-refractivity contribution in [1.82, 2.24) is 0 Å². The average Bonchev–Trinajstić information content (AvgIpc) is 2.65. The van der Waals surface area contributed by atoms with E-state index < -0.39 is 0 Å². The number of thiol groups is 1. The van der Waals surface area contributed by atoms with E-state index in [1.165, 1.54) is 5.56 Å². The maximum Gasteiger partial charge on any atom is 0.152 e. The number of hydrogen-bond acceptors (Lipinski definition) is 3. The maximum atomic E-state index is 10.9. The van der Waals surface area contributed by atoms with Crippen LogP contribution in [0.15, 0.2) is 22.4 Å². The molecule has 0 unspecified atom stereocenters. The zero-order chi connectivity index (χ0) is 10.1. The van der Waals surface area contributed by atoms with Gasteiger partial charge in [0, 0.05) is 20.5 Å². The molecule has 0 aliphatic carbocycles. The fraction of sp³-hybridized carbons (Fsp3) is 0.100. The Bertz CT molecular complexity index is 490. The van der Waals surface area contributed by atoms with Crippen LogP contribution in [0.25, 0.3) is 10.1 Å². The molecule has 1 aromatic carbocycles. The third-order valence-corrected chi connectivity index (χ3v) is 4.03. The lowest BCUT2D eigenvalue weighted by Crippen LogP contribution is -1.87. The van der Waals surface area contributed by atoms with Gasteiger partial charge < -0.3 is 0 Å². The third kappa shape index (κ3) is 1.51. The molecule has 2 rings (SSSR count). The number of carbonyl (C=O) groups is 1. The predicted molar refractivity (Wildman–Crippen MR) is 67.1 cm³/mol. The van der Waals surface area contributed by atoms with Gasteiger partial charge in [0.15, 0.2) is 6.29 Å². The molecule has 2 aromatic rings. The average molecular weight is 287 g/mol. The molecule has 0 radical (unpaired) electrons. The zero-order valence-electron chi connectivity index (χ0n) is 7.16. The molecule has 0 amide bonds. The lowest BCUT2D eigenvalue weighted by Gasteiger charge is -2.04. The van der Waals surface area contributed by atoms with E-state index in [0.29, 0.717) is 5.56 Å². The first-order valence-electron chi connectivity index (χ1n) is 4.01. The van der Waals surface area contributed by atoms with E-state index in [9.17, 15) is 4.79 Å². The molecule has 72 valence electrons. The molecule has 0 bridgehead atoms. The van der Waals surface area contributed by atoms with Crippen molar-refractivity contribution in [2.75, 3.05) is 0 Å². The first-order valence-corrected chi connectivity index (χ1v) is 6.46. The largest absolute Gasteiger partial charge is 0.298 e. The molecule has 0 N–H and O–H groups in total. The second-order valence-corrected chi connectivity index (χ2v) is 4.84. The molecule has 1 nitrogen and oxygen atoms in total. The monoisotopic (exact) mass is 286 g/mol. The first-order chi connectivity index (χ1) is 6.77. The van der Waals surface area contributed by atoms with Crippen LogP contribution in [0.1, 0.15) is 15.9 Å². The molecule has 0 atom stereocenters. The minimum Gasteiger partial charge on any atom is -0.298 e. The van der Waals surface area contributed by atoms with E-state index in [0.717, 1.165) is 26.6 Å². The summed E-state index contributed by atoms with van der Waals surface area (Å²) in [6, 6.07) is 3.98. The lowest BCUT2D eigenvalue weighted by molar-refractivity contribution is 0.112. The van der Waals surface area contributed by atoms with Crippen molar-refractivity contribution in [3.63, 3.8) is 0 Å². The number of fused-ring (bicyclic) bond motifs is 1. The van der Waals surface area contributed by atoms with Gasteiger partial charge in [-0.1, -0.05) is 15.9 Å². The van der Waals surface area contributed by atoms with Crippen molar-refractivity contribution in [3.8, 4) is 0 Å². The molecule has 0 spiro atoms. The van der Waals surface area contributed by atoms with Crippen molar-refractivity contribution in [1.29, 1.82) is 0 Å². The summed E-state index contributed by atoms with van der Waals surface area (Å²) >= 11 is 9.31. The molecule has 1 aromatic heterocycles. The molecule has 0 aliphatic heterocycles. The number of thiophene rings is 1. The predicted octanol–water partition coefficient (Wildman–Crippen LogP) is 3.90. The lowest BCUT2D eigenvalue weighted by atomic mass is 10.1. The number of halogens is 1. The summed E-state index contributed by atoms with van der Waals surface area (Å²) in [4.78, 5) is 11.6. The molecule has 1 heterocycles. The highest BCUT2D eigenvalue weighted by Gasteiger charge is 2.09. The van der Waals surface area contributed by atoms with Gasteiger partial charge in [0.2, 0.25) is 0 Å². The summed E-state index contributed by atoms with van der Waals surface area (Å²) in [6.07, 6.45) is 0.874. The summed E-state index contributed by atoms with van der Waals surface area (Å²) < 4.78 is 1.03. The van der Waals surface area contributed by atoms with Gasteiger partial charge in [-0.05, 0) is 28.5 Å². The SMILES string of the molecule is O=Cc1c(S)cc(CBr)c2ccsc12. The Kier molecular flexibility index (Phi) is 2.95. The van der Waals surface area contributed by atoms with Gasteiger partial charge in [0.05, 0.1) is 0 Å². The summed E-state index contributed by atoms with van der Waals surface area (Å²) in [5, 5.41) is 3.93. The molecule has 0 aliphatic rings. The second kappa shape index (κ2) is 4.04. The van der Waals surface area contributed by atoms with Crippen LogP contribution >= 0.6 is 39.9 Å². The number of alkyl halides is 1. The summed E-state index contributed by atoms with van der Waals surface area (Å²) in [7, 11) is 0. The van der Waals surface area contributed by atoms with Crippen molar-refractivity contribution < 1.29 is 4.79 Å². The molecule has 14 heavy (non-hydrogen) atoms. The van der Waals surface area contributed by atoms with Gasteiger partial charge in [-0.2, -0.15) is 0 Å². The van der Waals surface area contributed by atoms with Crippen LogP contribution in [-0.4, -0.2) is 6.29 Å². The minimum absolute atomic E-state index is 0.697. The minimum atomic E-state index is 0.697. The number of carbonyl (C=O) groups excluding carboxylic acids is 1. The summed E-state index contributed by atoms with van der Waals surface area (Å²) in [5.74, 6) is 0. The van der Waals surface area contributed by atoms with Crippen LogP contribution in [0.4, 0.5) is 0 Å². The van der Waals surface area contributed by atoms with E-state index in [2.05, 4.69) is 28.6 Å². The topological polar surface area (TPSA) is 17.1 Å². The fourth-order valence-corrected chi connectivity index (χ4v) is 3.24. The Morgan fingerprint density at radius 1 is 1.57 bits per heavy atom. The van der Waals surface area contributed by atoms with Crippen LogP contribution in [-0.2, 0) is 5.33 Å². The first kappa shape index (κ1) is 10.2. The van der Waals surface area contributed by atoms with Gasteiger partial charge in [-0.15, -0.1) is 24.0 Å². The highest BCUT2D eigenvalue weighted by molar-refractivity contribution is 9.08. The fourth-order valence-electron chi connectivity index (χ4n) is 1.43. The van der Waals surface area contributed by atoms with Gasteiger partial charge in [-0.25, -0.2) is 0 Å². The molecule has 4 heteroatoms. The Morgan fingerprint density at radius 2 is 2.36 bits per heavy atom. The van der Waals surface area contributed by atoms with E-state index in [4.69, 9.17) is 0 Å². The van der Waals surface area contributed by atoms with Crippen LogP contribution < -0.4 is 0 Å². The maximum absolute atomic E-state index is 10.9. The van der Waals surface area contributed by atoms with E-state index in [1.807, 2.05) is 17.5 Å². The number of benzene rings is 1. The Labute approximate surface area is 99.7 Å². The van der Waals surface area contributed by atoms with E-state index in [1.54, 1.807) is 11.3 Å². The highest BCUT2D eigenvalue weighted by Crippen LogP contribution is 2.32. The van der Waals surface area contributed by atoms with E-state index in [-0.39, 0.29) is 0 Å². The van der Waals surface area contributed by atoms with Crippen molar-refractivity contribution in [2.24, 2.45) is 0 Å². The Balaban J connectivity index is 2.88. The number of hydrogen-bond donors (Lipinski definition) is 1. The summed E-state index contributed by atoms with van der Waals surface area (Å²) in [6.45, 7) is 0. The van der Waals surface area contributed by atoms with Crippen LogP contribution in [0.3, 0.4) is 0 Å². The van der Waals surface area contributed by atoms with Crippen LogP contribution in [0.5, 0.6) is 0 Å². The normalized spacial score (nSPS) is 10.7. The number of aldehydes is 1. The molecular weight excluding hydrogens is 280 g/mol. The molecule has 0 saturated carbocycles. The smallest absolute Gasteiger partial charge is 0.152 e. The standard InChI is InChI=1S/C10H7BrOS2/c11-4-6-3-9(13)8(5-12)10-7(6)1-2-14-10/h1-3,5,13H,4H2. The molecule has 0 fully saturated rings. The third-order valence-electron chi connectivity index (χ3n) is 2.10. The second-order valence-electron chi connectivity index (χ2n) is 2.88. The van der Waals surface area contributed by atoms with Crippen molar-refractivity contribution >= 4 is 56.3 Å². The molecular formula is C10H7BrOS2. The van der Waals surface area contributed by atoms with Crippen LogP contribution in [0, 0.1) is 0 Å². The van der Waals surface area contributed by atoms with Crippen LogP contribution in [0.2, 0.25) is 0 Å². The van der Waals surface area contributed by atoms with Gasteiger partial charge in [0.1, 0.15) is 0 Å². The van der Waals surface area contributed by atoms with Gasteiger partial charge >= 0.3 is 0 Å².